The van der Waals surface area contributed by atoms with Crippen LogP contribution in [0.2, 0.25) is 5.02 Å². The van der Waals surface area contributed by atoms with E-state index in [-0.39, 0.29) is 5.54 Å². The molecule has 0 bridgehead atoms. The predicted molar refractivity (Wildman–Crippen MR) is 88.5 cm³/mol. The summed E-state index contributed by atoms with van der Waals surface area (Å²) in [4.78, 5) is 5.14. The number of hydrogen-bond donors (Lipinski definition) is 1. The van der Waals surface area contributed by atoms with E-state index in [4.69, 9.17) is 17.3 Å². The van der Waals surface area contributed by atoms with E-state index < -0.39 is 0 Å². The van der Waals surface area contributed by atoms with Gasteiger partial charge >= 0.3 is 0 Å². The minimum absolute atomic E-state index is 0.128. The van der Waals surface area contributed by atoms with Crippen LogP contribution < -0.4 is 5.73 Å². The molecule has 0 saturated carbocycles. The maximum atomic E-state index is 6.27. The molecule has 21 heavy (non-hydrogen) atoms. The molecule has 3 nitrogen and oxygen atoms in total. The van der Waals surface area contributed by atoms with Crippen LogP contribution in [0.4, 0.5) is 0 Å². The van der Waals surface area contributed by atoms with Crippen molar-refractivity contribution >= 4 is 11.6 Å². The molecule has 2 saturated heterocycles. The van der Waals surface area contributed by atoms with Gasteiger partial charge in [0, 0.05) is 36.2 Å². The normalized spacial score (nSPS) is 29.8. The molecule has 2 aliphatic heterocycles. The van der Waals surface area contributed by atoms with E-state index in [1.165, 1.54) is 44.3 Å². The highest BCUT2D eigenvalue weighted by Crippen LogP contribution is 2.38. The molecule has 1 aromatic rings. The van der Waals surface area contributed by atoms with Gasteiger partial charge in [0.15, 0.2) is 0 Å². The van der Waals surface area contributed by atoms with E-state index in [1.807, 2.05) is 12.1 Å². The minimum Gasteiger partial charge on any atom is -0.329 e. The van der Waals surface area contributed by atoms with Crippen molar-refractivity contribution in [3.05, 3.63) is 34.9 Å². The van der Waals surface area contributed by atoms with E-state index >= 15 is 0 Å². The number of rotatable bonds is 4. The van der Waals surface area contributed by atoms with Gasteiger partial charge in [-0.15, -0.1) is 0 Å². The average Bonchev–Trinajstić information content (AvgIpc) is 2.87. The first kappa shape index (κ1) is 15.3. The summed E-state index contributed by atoms with van der Waals surface area (Å²) in [6.45, 7) is 4.10. The first-order valence-electron chi connectivity index (χ1n) is 8.05. The number of fused-ring (bicyclic) bond motifs is 1. The van der Waals surface area contributed by atoms with Crippen molar-refractivity contribution < 1.29 is 0 Å². The van der Waals surface area contributed by atoms with Crippen molar-refractivity contribution in [2.45, 2.75) is 43.8 Å². The number of benzene rings is 1. The van der Waals surface area contributed by atoms with E-state index in [0.29, 0.717) is 6.04 Å². The Morgan fingerprint density at radius 3 is 3.00 bits per heavy atom. The Morgan fingerprint density at radius 1 is 1.38 bits per heavy atom. The van der Waals surface area contributed by atoms with Gasteiger partial charge in [0.05, 0.1) is 0 Å². The third-order valence-electron chi connectivity index (χ3n) is 5.49. The molecule has 3 rings (SSSR count). The zero-order chi connectivity index (χ0) is 14.9. The Balaban J connectivity index is 1.79. The predicted octanol–water partition coefficient (Wildman–Crippen LogP) is 2.73. The van der Waals surface area contributed by atoms with Gasteiger partial charge < -0.3 is 5.73 Å². The molecule has 4 heteroatoms. The summed E-state index contributed by atoms with van der Waals surface area (Å²) in [6, 6.07) is 8.81. The van der Waals surface area contributed by atoms with Gasteiger partial charge in [-0.05, 0) is 50.6 Å². The highest BCUT2D eigenvalue weighted by Gasteiger charge is 2.49. The van der Waals surface area contributed by atoms with Crippen LogP contribution in [0, 0.1) is 0 Å². The average molecular weight is 308 g/mol. The maximum absolute atomic E-state index is 6.27. The number of hydrogen-bond acceptors (Lipinski definition) is 3. The summed E-state index contributed by atoms with van der Waals surface area (Å²) in [5, 5.41) is 0.813. The molecule has 2 unspecified atom stereocenters. The Morgan fingerprint density at radius 2 is 2.24 bits per heavy atom. The van der Waals surface area contributed by atoms with Crippen molar-refractivity contribution in [3.63, 3.8) is 0 Å². The Labute approximate surface area is 133 Å². The van der Waals surface area contributed by atoms with Crippen LogP contribution in [0.1, 0.15) is 31.2 Å². The SMILES string of the molecule is CN(Cc1cccc(Cl)c1)C1(CN)CCN2CCCCC21. The Hall–Kier alpha value is -0.610. The van der Waals surface area contributed by atoms with E-state index in [2.05, 4.69) is 29.0 Å². The van der Waals surface area contributed by atoms with Gasteiger partial charge in [-0.3, -0.25) is 9.80 Å². The fraction of sp³-hybridized carbons (Fsp3) is 0.647. The van der Waals surface area contributed by atoms with Crippen molar-refractivity contribution in [3.8, 4) is 0 Å². The second-order valence-electron chi connectivity index (χ2n) is 6.59. The number of piperidine rings is 1. The highest BCUT2D eigenvalue weighted by molar-refractivity contribution is 6.30. The largest absolute Gasteiger partial charge is 0.329 e. The zero-order valence-corrected chi connectivity index (χ0v) is 13.6. The van der Waals surface area contributed by atoms with E-state index in [9.17, 15) is 0 Å². The maximum Gasteiger partial charge on any atom is 0.0499 e. The lowest BCUT2D eigenvalue weighted by Gasteiger charge is -2.46. The third-order valence-corrected chi connectivity index (χ3v) is 5.72. The molecule has 0 aliphatic carbocycles. The van der Waals surface area contributed by atoms with E-state index in [1.54, 1.807) is 0 Å². The van der Waals surface area contributed by atoms with Crippen LogP contribution in [0.15, 0.2) is 24.3 Å². The summed E-state index contributed by atoms with van der Waals surface area (Å²) >= 11 is 6.12. The van der Waals surface area contributed by atoms with Gasteiger partial charge in [-0.1, -0.05) is 30.2 Å². The van der Waals surface area contributed by atoms with E-state index in [0.717, 1.165) is 18.1 Å². The topological polar surface area (TPSA) is 32.5 Å². The highest BCUT2D eigenvalue weighted by atomic mass is 35.5. The number of halogens is 1. The molecule has 116 valence electrons. The molecule has 0 aromatic heterocycles. The fourth-order valence-corrected chi connectivity index (χ4v) is 4.49. The molecule has 1 aromatic carbocycles. The number of likely N-dealkylation sites (N-methyl/N-ethyl adjacent to an activating group) is 1. The summed E-state index contributed by atoms with van der Waals surface area (Å²) in [5.74, 6) is 0. The van der Waals surface area contributed by atoms with Crippen LogP contribution in [-0.4, -0.2) is 48.1 Å². The van der Waals surface area contributed by atoms with Crippen LogP contribution in [0.5, 0.6) is 0 Å². The van der Waals surface area contributed by atoms with Crippen molar-refractivity contribution in [2.24, 2.45) is 5.73 Å². The summed E-state index contributed by atoms with van der Waals surface area (Å²) in [6.07, 6.45) is 5.16. The number of nitrogens with zero attached hydrogens (tertiary/aromatic N) is 2. The number of nitrogens with two attached hydrogens (primary N) is 1. The third kappa shape index (κ3) is 2.85. The van der Waals surface area contributed by atoms with Crippen molar-refractivity contribution in [1.29, 1.82) is 0 Å². The minimum atomic E-state index is 0.128. The summed E-state index contributed by atoms with van der Waals surface area (Å²) in [5.41, 5.74) is 7.66. The second kappa shape index (κ2) is 6.25. The van der Waals surface area contributed by atoms with Gasteiger partial charge in [0.2, 0.25) is 0 Å². The smallest absolute Gasteiger partial charge is 0.0499 e. The first-order chi connectivity index (χ1) is 10.2. The molecule has 2 heterocycles. The standard InChI is InChI=1S/C17H26ClN3/c1-20(12-14-5-4-6-15(18)11-14)17(13-19)8-10-21-9-3-2-7-16(17)21/h4-6,11,16H,2-3,7-10,12-13,19H2,1H3. The molecule has 0 radical (unpaired) electrons. The monoisotopic (exact) mass is 307 g/mol. The lowest BCUT2D eigenvalue weighted by atomic mass is 9.84. The van der Waals surface area contributed by atoms with Crippen molar-refractivity contribution in [1.82, 2.24) is 9.80 Å². The van der Waals surface area contributed by atoms with Gasteiger partial charge in [-0.25, -0.2) is 0 Å². The van der Waals surface area contributed by atoms with Crippen molar-refractivity contribution in [2.75, 3.05) is 26.7 Å². The lowest BCUT2D eigenvalue weighted by Crippen LogP contribution is -2.60. The molecular formula is C17H26ClN3. The first-order valence-corrected chi connectivity index (χ1v) is 8.43. The second-order valence-corrected chi connectivity index (χ2v) is 7.03. The van der Waals surface area contributed by atoms with Gasteiger partial charge in [0.1, 0.15) is 0 Å². The molecule has 2 fully saturated rings. The molecule has 0 spiro atoms. The Kier molecular flexibility index (Phi) is 4.55. The lowest BCUT2D eigenvalue weighted by molar-refractivity contribution is 0.0512. The zero-order valence-electron chi connectivity index (χ0n) is 12.9. The van der Waals surface area contributed by atoms with Crippen LogP contribution in [0.25, 0.3) is 0 Å². The molecule has 2 aliphatic rings. The van der Waals surface area contributed by atoms with Gasteiger partial charge in [-0.2, -0.15) is 0 Å². The quantitative estimate of drug-likeness (QED) is 0.928. The molecular weight excluding hydrogens is 282 g/mol. The van der Waals surface area contributed by atoms with Crippen LogP contribution in [0.3, 0.4) is 0 Å². The molecule has 2 atom stereocenters. The van der Waals surface area contributed by atoms with Gasteiger partial charge in [0.25, 0.3) is 0 Å². The fourth-order valence-electron chi connectivity index (χ4n) is 4.28. The van der Waals surface area contributed by atoms with Crippen LogP contribution in [-0.2, 0) is 6.54 Å². The molecule has 0 amide bonds. The molecule has 2 N–H and O–H groups in total. The summed E-state index contributed by atoms with van der Waals surface area (Å²) in [7, 11) is 2.23. The Bertz CT molecular complexity index is 493. The summed E-state index contributed by atoms with van der Waals surface area (Å²) < 4.78 is 0. The van der Waals surface area contributed by atoms with Crippen LogP contribution >= 0.6 is 11.6 Å².